The van der Waals surface area contributed by atoms with Crippen LogP contribution in [0.2, 0.25) is 5.02 Å². The average molecular weight is 289 g/mol. The van der Waals surface area contributed by atoms with Crippen molar-refractivity contribution in [3.63, 3.8) is 0 Å². The Morgan fingerprint density at radius 2 is 2.20 bits per heavy atom. The maximum absolute atomic E-state index is 6.29. The number of hydrogen-bond acceptors (Lipinski definition) is 1. The largest absolute Gasteiger partial charge is 0.367 e. The maximum atomic E-state index is 6.29. The van der Waals surface area contributed by atoms with Gasteiger partial charge in [0.15, 0.2) is 0 Å². The number of hydrogen-bond donors (Lipinski definition) is 0. The van der Waals surface area contributed by atoms with Crippen molar-refractivity contribution in [2.45, 2.75) is 31.1 Å². The van der Waals surface area contributed by atoms with Crippen molar-refractivity contribution in [1.29, 1.82) is 0 Å². The summed E-state index contributed by atoms with van der Waals surface area (Å²) in [5, 5.41) is 1.74. The molecule has 0 heterocycles. The smallest absolute Gasteiger partial charge is 0.0642 e. The van der Waals surface area contributed by atoms with Crippen LogP contribution in [0.3, 0.4) is 0 Å². The molecule has 0 aliphatic heterocycles. The lowest BCUT2D eigenvalue weighted by atomic mass is 10.1. The van der Waals surface area contributed by atoms with Crippen LogP contribution in [0.1, 0.15) is 25.3 Å². The summed E-state index contributed by atoms with van der Waals surface area (Å²) in [6.45, 7) is 3.23. The van der Waals surface area contributed by atoms with E-state index in [1.165, 1.54) is 24.1 Å². The number of alkyl halides is 1. The van der Waals surface area contributed by atoms with E-state index in [9.17, 15) is 0 Å². The van der Waals surface area contributed by atoms with Gasteiger partial charge in [-0.3, -0.25) is 0 Å². The highest BCUT2D eigenvalue weighted by Crippen LogP contribution is 2.38. The summed E-state index contributed by atoms with van der Waals surface area (Å²) in [5.74, 6) is 0. The lowest BCUT2D eigenvalue weighted by molar-refractivity contribution is 0.822. The molecule has 3 heteroatoms. The first kappa shape index (κ1) is 11.3. The summed E-state index contributed by atoms with van der Waals surface area (Å²) in [7, 11) is 0. The standard InChI is InChI=1S/C12H15BrClN/c1-2-15(10-6-7-10)12-9(8-13)4-3-5-11(12)14/h3-5,10H,2,6-8H2,1H3. The minimum absolute atomic E-state index is 0.715. The van der Waals surface area contributed by atoms with Gasteiger partial charge in [0.05, 0.1) is 10.7 Å². The van der Waals surface area contributed by atoms with Crippen LogP contribution in [0.4, 0.5) is 5.69 Å². The molecule has 1 aromatic carbocycles. The maximum Gasteiger partial charge on any atom is 0.0642 e. The zero-order valence-corrected chi connectivity index (χ0v) is 11.2. The SMILES string of the molecule is CCN(c1c(Cl)cccc1CBr)C1CC1. The molecule has 0 bridgehead atoms. The van der Waals surface area contributed by atoms with Gasteiger partial charge in [0.1, 0.15) is 0 Å². The molecule has 82 valence electrons. The second kappa shape index (κ2) is 4.75. The Balaban J connectivity index is 2.38. The quantitative estimate of drug-likeness (QED) is 0.750. The molecule has 1 aliphatic rings. The minimum atomic E-state index is 0.715. The molecule has 1 aliphatic carbocycles. The molecule has 0 saturated heterocycles. The van der Waals surface area contributed by atoms with Crippen LogP contribution in [-0.2, 0) is 5.33 Å². The van der Waals surface area contributed by atoms with Crippen molar-refractivity contribution in [3.8, 4) is 0 Å². The number of nitrogens with zero attached hydrogens (tertiary/aromatic N) is 1. The number of halogens is 2. The van der Waals surface area contributed by atoms with Crippen molar-refractivity contribution in [2.24, 2.45) is 0 Å². The van der Waals surface area contributed by atoms with Gasteiger partial charge >= 0.3 is 0 Å². The Morgan fingerprint density at radius 1 is 1.47 bits per heavy atom. The molecule has 0 radical (unpaired) electrons. The molecule has 0 atom stereocenters. The number of para-hydroxylation sites is 1. The van der Waals surface area contributed by atoms with Crippen molar-refractivity contribution >= 4 is 33.2 Å². The van der Waals surface area contributed by atoms with Crippen LogP contribution < -0.4 is 4.90 Å². The van der Waals surface area contributed by atoms with E-state index in [0.29, 0.717) is 6.04 Å². The normalized spacial score (nSPS) is 15.4. The zero-order valence-electron chi connectivity index (χ0n) is 8.84. The molecule has 15 heavy (non-hydrogen) atoms. The summed E-state index contributed by atoms with van der Waals surface area (Å²) in [5.41, 5.74) is 2.51. The van der Waals surface area contributed by atoms with Gasteiger partial charge in [-0.2, -0.15) is 0 Å². The lowest BCUT2D eigenvalue weighted by Gasteiger charge is -2.26. The van der Waals surface area contributed by atoms with E-state index in [1.807, 2.05) is 12.1 Å². The van der Waals surface area contributed by atoms with Crippen LogP contribution in [0.5, 0.6) is 0 Å². The Labute approximate surface area is 105 Å². The molecule has 1 aromatic rings. The highest BCUT2D eigenvalue weighted by Gasteiger charge is 2.30. The predicted molar refractivity (Wildman–Crippen MR) is 70.1 cm³/mol. The molecule has 1 saturated carbocycles. The molecule has 0 N–H and O–H groups in total. The van der Waals surface area contributed by atoms with Gasteiger partial charge < -0.3 is 4.90 Å². The van der Waals surface area contributed by atoms with Crippen LogP contribution in [0.15, 0.2) is 18.2 Å². The Hall–Kier alpha value is -0.210. The van der Waals surface area contributed by atoms with E-state index in [1.54, 1.807) is 0 Å². The third kappa shape index (κ3) is 2.31. The van der Waals surface area contributed by atoms with E-state index in [-0.39, 0.29) is 0 Å². The van der Waals surface area contributed by atoms with Crippen molar-refractivity contribution in [1.82, 2.24) is 0 Å². The first-order chi connectivity index (χ1) is 7.27. The van der Waals surface area contributed by atoms with E-state index in [2.05, 4.69) is 33.8 Å². The van der Waals surface area contributed by atoms with Crippen molar-refractivity contribution in [3.05, 3.63) is 28.8 Å². The fourth-order valence-electron chi connectivity index (χ4n) is 1.97. The van der Waals surface area contributed by atoms with Crippen molar-refractivity contribution < 1.29 is 0 Å². The molecule has 0 spiro atoms. The fourth-order valence-corrected chi connectivity index (χ4v) is 2.73. The molecular formula is C12H15BrClN. The highest BCUT2D eigenvalue weighted by atomic mass is 79.9. The van der Waals surface area contributed by atoms with Gasteiger partial charge in [-0.15, -0.1) is 0 Å². The molecular weight excluding hydrogens is 273 g/mol. The van der Waals surface area contributed by atoms with E-state index in [0.717, 1.165) is 16.9 Å². The summed E-state index contributed by atoms with van der Waals surface area (Å²) >= 11 is 9.82. The average Bonchev–Trinajstić information content (AvgIpc) is 3.05. The fraction of sp³-hybridized carbons (Fsp3) is 0.500. The van der Waals surface area contributed by atoms with Gasteiger partial charge in [-0.1, -0.05) is 39.7 Å². The number of benzene rings is 1. The van der Waals surface area contributed by atoms with E-state index in [4.69, 9.17) is 11.6 Å². The number of anilines is 1. The summed E-state index contributed by atoms with van der Waals surface area (Å²) in [6.07, 6.45) is 2.61. The molecule has 1 fully saturated rings. The second-order valence-electron chi connectivity index (χ2n) is 3.90. The molecule has 2 rings (SSSR count). The third-order valence-corrected chi connectivity index (χ3v) is 3.74. The molecule has 0 unspecified atom stereocenters. The first-order valence-electron chi connectivity index (χ1n) is 5.38. The highest BCUT2D eigenvalue weighted by molar-refractivity contribution is 9.08. The second-order valence-corrected chi connectivity index (χ2v) is 4.87. The van der Waals surface area contributed by atoms with Crippen LogP contribution in [0, 0.1) is 0 Å². The van der Waals surface area contributed by atoms with Crippen LogP contribution >= 0.6 is 27.5 Å². The van der Waals surface area contributed by atoms with E-state index < -0.39 is 0 Å². The van der Waals surface area contributed by atoms with Crippen LogP contribution in [0.25, 0.3) is 0 Å². The Bertz CT molecular complexity index is 349. The predicted octanol–water partition coefficient (Wildman–Crippen LogP) is 4.22. The third-order valence-electron chi connectivity index (χ3n) is 2.83. The van der Waals surface area contributed by atoms with Gasteiger partial charge in [0.2, 0.25) is 0 Å². The number of rotatable bonds is 4. The molecule has 1 nitrogen and oxygen atoms in total. The summed E-state index contributed by atoms with van der Waals surface area (Å²) in [6, 6.07) is 6.85. The minimum Gasteiger partial charge on any atom is -0.367 e. The first-order valence-corrected chi connectivity index (χ1v) is 6.87. The molecule has 0 aromatic heterocycles. The summed E-state index contributed by atoms with van der Waals surface area (Å²) in [4.78, 5) is 2.43. The Kier molecular flexibility index (Phi) is 3.57. The summed E-state index contributed by atoms with van der Waals surface area (Å²) < 4.78 is 0. The van der Waals surface area contributed by atoms with Crippen LogP contribution in [-0.4, -0.2) is 12.6 Å². The van der Waals surface area contributed by atoms with Gasteiger partial charge in [-0.25, -0.2) is 0 Å². The zero-order chi connectivity index (χ0) is 10.8. The lowest BCUT2D eigenvalue weighted by Crippen LogP contribution is -2.26. The van der Waals surface area contributed by atoms with Gasteiger partial charge in [-0.05, 0) is 31.4 Å². The van der Waals surface area contributed by atoms with Gasteiger partial charge in [0.25, 0.3) is 0 Å². The van der Waals surface area contributed by atoms with Crippen molar-refractivity contribution in [2.75, 3.05) is 11.4 Å². The Morgan fingerprint density at radius 3 is 2.73 bits per heavy atom. The van der Waals surface area contributed by atoms with Gasteiger partial charge in [0, 0.05) is 17.9 Å². The monoisotopic (exact) mass is 287 g/mol. The topological polar surface area (TPSA) is 3.24 Å². The van der Waals surface area contributed by atoms with E-state index >= 15 is 0 Å². The molecule has 0 amide bonds.